The third-order valence-corrected chi connectivity index (χ3v) is 12.7. The Morgan fingerprint density at radius 3 is 2.08 bits per heavy atom. The molecule has 7 rings (SSSR count). The van der Waals surface area contributed by atoms with E-state index in [0.717, 1.165) is 40.7 Å². The SMILES string of the molecule is CC1(C)COC2(CCC3=C4C(CCC3(O)C2)C2CCC(O)(C(F)(F)C(F)(F)F)C2(C)C[C@@H]4c2ccc(CCc3ccncc3)cc2)OC1. The van der Waals surface area contributed by atoms with Gasteiger partial charge in [0.25, 0.3) is 0 Å². The molecule has 2 heterocycles. The van der Waals surface area contributed by atoms with Gasteiger partial charge < -0.3 is 19.7 Å². The molecule has 48 heavy (non-hydrogen) atoms. The summed E-state index contributed by atoms with van der Waals surface area (Å²) in [6, 6.07) is 11.8. The van der Waals surface area contributed by atoms with Crippen LogP contribution in [0, 0.1) is 22.7 Å². The zero-order valence-corrected chi connectivity index (χ0v) is 27.9. The van der Waals surface area contributed by atoms with E-state index in [2.05, 4.69) is 18.8 Å². The molecule has 0 radical (unpaired) electrons. The highest BCUT2D eigenvalue weighted by Crippen LogP contribution is 2.71. The van der Waals surface area contributed by atoms with Crippen LogP contribution in [0.3, 0.4) is 0 Å². The fourth-order valence-electron chi connectivity index (χ4n) is 10.1. The number of ether oxygens (including phenoxy) is 2. The lowest BCUT2D eigenvalue weighted by molar-refractivity contribution is -0.362. The first-order valence-corrected chi connectivity index (χ1v) is 17.3. The minimum atomic E-state index is -5.89. The largest absolute Gasteiger partial charge is 0.456 e. The number of hydrogen-bond donors (Lipinski definition) is 2. The van der Waals surface area contributed by atoms with Crippen molar-refractivity contribution in [3.05, 3.63) is 76.6 Å². The number of allylic oxidation sites excluding steroid dienone is 1. The summed E-state index contributed by atoms with van der Waals surface area (Å²) >= 11 is 0. The van der Waals surface area contributed by atoms with Gasteiger partial charge in [0.15, 0.2) is 5.79 Å². The maximum Gasteiger partial charge on any atom is 0.456 e. The number of aromatic nitrogens is 1. The number of aryl methyl sites for hydroxylation is 2. The minimum absolute atomic E-state index is 0.0600. The number of benzene rings is 1. The molecule has 4 fully saturated rings. The number of aliphatic hydroxyl groups is 2. The smallest absolute Gasteiger partial charge is 0.385 e. The summed E-state index contributed by atoms with van der Waals surface area (Å²) in [5.74, 6) is -7.65. The molecule has 4 aliphatic carbocycles. The van der Waals surface area contributed by atoms with Crippen molar-refractivity contribution < 1.29 is 41.6 Å². The molecule has 10 heteroatoms. The molecule has 0 bridgehead atoms. The minimum Gasteiger partial charge on any atom is -0.385 e. The van der Waals surface area contributed by atoms with Gasteiger partial charge in [-0.15, -0.1) is 0 Å². The van der Waals surface area contributed by atoms with Gasteiger partial charge in [-0.05, 0) is 97.6 Å². The highest BCUT2D eigenvalue weighted by Gasteiger charge is 2.79. The Morgan fingerprint density at radius 2 is 1.46 bits per heavy atom. The molecule has 2 aromatic rings. The molecule has 1 aliphatic heterocycles. The first kappa shape index (κ1) is 34.1. The van der Waals surface area contributed by atoms with Crippen molar-refractivity contribution >= 4 is 0 Å². The molecule has 5 aliphatic rings. The highest BCUT2D eigenvalue weighted by molar-refractivity contribution is 5.45. The van der Waals surface area contributed by atoms with Crippen LogP contribution in [-0.2, 0) is 22.3 Å². The number of nitrogens with zero attached hydrogens (tertiary/aromatic N) is 1. The number of halogens is 5. The van der Waals surface area contributed by atoms with Gasteiger partial charge in [0.2, 0.25) is 0 Å². The summed E-state index contributed by atoms with van der Waals surface area (Å²) in [5, 5.41) is 24.0. The van der Waals surface area contributed by atoms with Crippen LogP contribution in [-0.4, -0.2) is 57.5 Å². The fourth-order valence-corrected chi connectivity index (χ4v) is 10.1. The molecule has 2 N–H and O–H groups in total. The van der Waals surface area contributed by atoms with Crippen molar-refractivity contribution in [3.63, 3.8) is 0 Å². The number of rotatable bonds is 5. The van der Waals surface area contributed by atoms with E-state index < -0.39 is 52.8 Å². The number of fused-ring (bicyclic) bond motifs is 4. The standard InChI is InChI=1S/C38H46F5NO4/c1-32(2)22-47-35(48-23-32)16-11-30-31-27(10-15-34(30,45)21-35)29-12-17-36(46,37(39,40)38(41,42)43)33(29,3)20-28(31)26-8-6-24(7-9-26)4-5-25-13-18-44-19-14-25/h6-9,13-14,18-19,27-29,45-46H,4-5,10-12,15-17,20-23H2,1-3H3/t27?,28-,29?,33?,34?,36?/m1/s1. The Bertz CT molecular complexity index is 1550. The fraction of sp³-hybridized carbons (Fsp3) is 0.658. The third-order valence-electron chi connectivity index (χ3n) is 12.7. The average Bonchev–Trinajstić information content (AvgIpc) is 3.32. The van der Waals surface area contributed by atoms with Crippen LogP contribution in [0.4, 0.5) is 22.0 Å². The predicted octanol–water partition coefficient (Wildman–Crippen LogP) is 8.09. The van der Waals surface area contributed by atoms with Crippen LogP contribution in [0.25, 0.3) is 0 Å². The van der Waals surface area contributed by atoms with Gasteiger partial charge in [0, 0.05) is 42.0 Å². The Morgan fingerprint density at radius 1 is 0.833 bits per heavy atom. The molecule has 1 aromatic heterocycles. The molecular weight excluding hydrogens is 629 g/mol. The maximum absolute atomic E-state index is 15.4. The van der Waals surface area contributed by atoms with Crippen molar-refractivity contribution in [1.82, 2.24) is 4.98 Å². The second-order valence-electron chi connectivity index (χ2n) is 16.3. The molecule has 0 amide bonds. The molecular formula is C38H46F5NO4. The lowest BCUT2D eigenvalue weighted by Crippen LogP contribution is -2.65. The first-order chi connectivity index (χ1) is 22.4. The van der Waals surface area contributed by atoms with Gasteiger partial charge in [0.05, 0.1) is 18.8 Å². The van der Waals surface area contributed by atoms with Gasteiger partial charge in [-0.25, -0.2) is 0 Å². The second-order valence-corrected chi connectivity index (χ2v) is 16.3. The normalized spacial score (nSPS) is 36.0. The summed E-state index contributed by atoms with van der Waals surface area (Å²) in [5.41, 5.74) is -1.52. The van der Waals surface area contributed by atoms with Crippen molar-refractivity contribution in [2.24, 2.45) is 22.7 Å². The number of pyridine rings is 1. The van der Waals surface area contributed by atoms with Crippen LogP contribution in [0.15, 0.2) is 59.9 Å². The van der Waals surface area contributed by atoms with Crippen molar-refractivity contribution in [1.29, 1.82) is 0 Å². The van der Waals surface area contributed by atoms with Gasteiger partial charge in [0.1, 0.15) is 5.60 Å². The van der Waals surface area contributed by atoms with Crippen molar-refractivity contribution in [3.8, 4) is 0 Å². The molecule has 262 valence electrons. The Labute approximate surface area is 278 Å². The van der Waals surface area contributed by atoms with Gasteiger partial charge >= 0.3 is 12.1 Å². The zero-order chi connectivity index (χ0) is 34.4. The monoisotopic (exact) mass is 675 g/mol. The molecule has 5 nitrogen and oxygen atoms in total. The summed E-state index contributed by atoms with van der Waals surface area (Å²) in [7, 11) is 0. The Balaban J connectivity index is 1.27. The first-order valence-electron chi connectivity index (χ1n) is 17.3. The van der Waals surface area contributed by atoms with E-state index in [1.54, 1.807) is 12.4 Å². The van der Waals surface area contributed by atoms with E-state index in [4.69, 9.17) is 9.47 Å². The topological polar surface area (TPSA) is 71.8 Å². The van der Waals surface area contributed by atoms with E-state index in [1.165, 1.54) is 6.92 Å². The van der Waals surface area contributed by atoms with E-state index in [1.807, 2.05) is 36.4 Å². The van der Waals surface area contributed by atoms with Gasteiger partial charge in [-0.3, -0.25) is 4.98 Å². The Kier molecular flexibility index (Phi) is 8.02. The van der Waals surface area contributed by atoms with Crippen LogP contribution in [0.5, 0.6) is 0 Å². The second kappa shape index (κ2) is 11.3. The number of hydrogen-bond acceptors (Lipinski definition) is 5. The molecule has 1 saturated heterocycles. The summed E-state index contributed by atoms with van der Waals surface area (Å²) < 4.78 is 85.3. The summed E-state index contributed by atoms with van der Waals surface area (Å²) in [4.78, 5) is 4.06. The van der Waals surface area contributed by atoms with Crippen LogP contribution >= 0.6 is 0 Å². The van der Waals surface area contributed by atoms with E-state index >= 15 is 8.78 Å². The molecule has 3 saturated carbocycles. The van der Waals surface area contributed by atoms with E-state index in [0.29, 0.717) is 38.9 Å². The predicted molar refractivity (Wildman–Crippen MR) is 169 cm³/mol. The molecule has 6 atom stereocenters. The summed E-state index contributed by atoms with van der Waals surface area (Å²) in [6.45, 7) is 6.58. The van der Waals surface area contributed by atoms with E-state index in [-0.39, 0.29) is 30.6 Å². The third kappa shape index (κ3) is 5.26. The van der Waals surface area contributed by atoms with Gasteiger partial charge in [-0.2, -0.15) is 22.0 Å². The van der Waals surface area contributed by atoms with Gasteiger partial charge in [-0.1, -0.05) is 50.6 Å². The molecule has 5 unspecified atom stereocenters. The van der Waals surface area contributed by atoms with Crippen LogP contribution < -0.4 is 0 Å². The zero-order valence-electron chi connectivity index (χ0n) is 27.9. The highest BCUT2D eigenvalue weighted by atomic mass is 19.4. The Hall–Kier alpha value is -2.40. The van der Waals surface area contributed by atoms with Crippen molar-refractivity contribution in [2.75, 3.05) is 13.2 Å². The quantitative estimate of drug-likeness (QED) is 0.248. The van der Waals surface area contributed by atoms with E-state index in [9.17, 15) is 23.4 Å². The maximum atomic E-state index is 15.4. The average molecular weight is 676 g/mol. The lowest BCUT2D eigenvalue weighted by Gasteiger charge is -2.59. The molecule has 1 aromatic carbocycles. The summed E-state index contributed by atoms with van der Waals surface area (Å²) in [6.07, 6.45) is 0.539. The van der Waals surface area contributed by atoms with Crippen molar-refractivity contribution in [2.45, 2.75) is 120 Å². The van der Waals surface area contributed by atoms with Crippen LogP contribution in [0.1, 0.15) is 94.7 Å². The van der Waals surface area contributed by atoms with Crippen LogP contribution in [0.2, 0.25) is 0 Å². The number of alkyl halides is 5. The lowest BCUT2D eigenvalue weighted by atomic mass is 9.49. The molecule has 1 spiro atoms.